The lowest BCUT2D eigenvalue weighted by Gasteiger charge is -2.22. The third-order valence-electron chi connectivity index (χ3n) is 5.43. The Balaban J connectivity index is 1.47. The number of nitrogens with one attached hydrogen (secondary N) is 1. The molecule has 0 saturated carbocycles. The fourth-order valence-corrected chi connectivity index (χ4v) is 3.87. The van der Waals surface area contributed by atoms with Crippen LogP contribution in [0.2, 0.25) is 0 Å². The number of hydrogen-bond acceptors (Lipinski definition) is 5. The summed E-state index contributed by atoms with van der Waals surface area (Å²) in [5.74, 6) is 2.56. The van der Waals surface area contributed by atoms with Crippen LogP contribution >= 0.6 is 0 Å². The van der Waals surface area contributed by atoms with Crippen molar-refractivity contribution in [2.75, 3.05) is 18.8 Å². The first-order valence-electron chi connectivity index (χ1n) is 9.96. The summed E-state index contributed by atoms with van der Waals surface area (Å²) >= 11 is 0. The van der Waals surface area contributed by atoms with E-state index < -0.39 is 0 Å². The number of rotatable bonds is 4. The predicted molar refractivity (Wildman–Crippen MR) is 115 cm³/mol. The highest BCUT2D eigenvalue weighted by Crippen LogP contribution is 2.30. The van der Waals surface area contributed by atoms with Crippen molar-refractivity contribution in [1.82, 2.24) is 20.1 Å². The van der Waals surface area contributed by atoms with Crippen LogP contribution in [0.5, 0.6) is 11.5 Å². The van der Waals surface area contributed by atoms with Crippen molar-refractivity contribution in [2.45, 2.75) is 18.8 Å². The maximum absolute atomic E-state index is 6.17. The molecule has 0 aliphatic carbocycles. The molecule has 146 valence electrons. The zero-order chi connectivity index (χ0) is 19.6. The summed E-state index contributed by atoms with van der Waals surface area (Å²) < 4.78 is 7.78. The van der Waals surface area contributed by atoms with Gasteiger partial charge in [0.15, 0.2) is 5.82 Å². The first kappa shape index (κ1) is 17.7. The number of nitrogen functional groups attached to an aromatic ring is 1. The average molecular weight is 385 g/mol. The van der Waals surface area contributed by atoms with Crippen LogP contribution in [0, 0.1) is 0 Å². The van der Waals surface area contributed by atoms with Crippen molar-refractivity contribution in [1.29, 1.82) is 0 Å². The van der Waals surface area contributed by atoms with Crippen molar-refractivity contribution in [3.8, 4) is 17.2 Å². The van der Waals surface area contributed by atoms with E-state index in [1.165, 1.54) is 0 Å². The summed E-state index contributed by atoms with van der Waals surface area (Å²) in [6.45, 7) is 2.07. The van der Waals surface area contributed by atoms with Gasteiger partial charge >= 0.3 is 0 Å². The largest absolute Gasteiger partial charge is 0.457 e. The van der Waals surface area contributed by atoms with Gasteiger partial charge in [-0.25, -0.2) is 4.68 Å². The van der Waals surface area contributed by atoms with E-state index in [1.54, 1.807) is 0 Å². The number of aromatic nitrogens is 3. The molecule has 0 bridgehead atoms. The fraction of sp³-hybridized carbons (Fsp3) is 0.217. The Bertz CT molecular complexity index is 1120. The van der Waals surface area contributed by atoms with Crippen LogP contribution in [-0.4, -0.2) is 27.9 Å². The van der Waals surface area contributed by atoms with E-state index in [-0.39, 0.29) is 0 Å². The number of piperidine rings is 1. The van der Waals surface area contributed by atoms with Crippen LogP contribution in [0.15, 0.2) is 66.9 Å². The van der Waals surface area contributed by atoms with Crippen LogP contribution in [0.4, 0.5) is 5.82 Å². The van der Waals surface area contributed by atoms with Crippen LogP contribution in [0.3, 0.4) is 0 Å². The number of benzene rings is 2. The lowest BCUT2D eigenvalue weighted by molar-refractivity contribution is 0.453. The topological polar surface area (TPSA) is 78.0 Å². The molecule has 0 atom stereocenters. The number of nitrogens with two attached hydrogens (primary N) is 1. The highest BCUT2D eigenvalue weighted by molar-refractivity contribution is 5.89. The van der Waals surface area contributed by atoms with Crippen LogP contribution in [0.1, 0.15) is 24.5 Å². The van der Waals surface area contributed by atoms with Crippen molar-refractivity contribution in [3.05, 3.63) is 72.6 Å². The van der Waals surface area contributed by atoms with E-state index in [2.05, 4.69) is 21.5 Å². The van der Waals surface area contributed by atoms with E-state index in [4.69, 9.17) is 10.5 Å². The van der Waals surface area contributed by atoms with Gasteiger partial charge in [0.2, 0.25) is 0 Å². The van der Waals surface area contributed by atoms with E-state index >= 15 is 0 Å². The van der Waals surface area contributed by atoms with E-state index in [1.807, 2.05) is 65.5 Å². The molecule has 1 aliphatic rings. The van der Waals surface area contributed by atoms with E-state index in [9.17, 15) is 0 Å². The first-order chi connectivity index (χ1) is 14.3. The first-order valence-corrected chi connectivity index (χ1v) is 9.96. The lowest BCUT2D eigenvalue weighted by Crippen LogP contribution is -2.27. The normalized spacial score (nSPS) is 14.9. The quantitative estimate of drug-likeness (QED) is 0.549. The van der Waals surface area contributed by atoms with Gasteiger partial charge in [-0.1, -0.05) is 18.2 Å². The summed E-state index contributed by atoms with van der Waals surface area (Å²) in [4.78, 5) is 4.68. The molecule has 2 aromatic carbocycles. The Labute approximate surface area is 169 Å². The standard InChI is InChI=1S/C23H23N5O/c24-23-20-15-26-21(16-10-12-25-13-11-16)14-22(20)28(27-23)17-6-8-19(9-7-17)29-18-4-2-1-3-5-18/h1-9,14-16,25H,10-13H2,(H2,24,27). The van der Waals surface area contributed by atoms with Gasteiger partial charge in [0.05, 0.1) is 16.6 Å². The number of anilines is 1. The number of pyridine rings is 1. The molecule has 0 unspecified atom stereocenters. The molecule has 5 rings (SSSR count). The molecule has 0 spiro atoms. The molecule has 1 saturated heterocycles. The maximum atomic E-state index is 6.17. The fourth-order valence-electron chi connectivity index (χ4n) is 3.87. The second-order valence-electron chi connectivity index (χ2n) is 7.36. The Morgan fingerprint density at radius 3 is 2.45 bits per heavy atom. The predicted octanol–water partition coefficient (Wildman–Crippen LogP) is 4.26. The van der Waals surface area contributed by atoms with Gasteiger partial charge in [-0.2, -0.15) is 0 Å². The highest BCUT2D eigenvalue weighted by Gasteiger charge is 2.19. The molecule has 6 nitrogen and oxygen atoms in total. The Hall–Kier alpha value is -3.38. The van der Waals surface area contributed by atoms with Crippen molar-refractivity contribution in [2.24, 2.45) is 0 Å². The van der Waals surface area contributed by atoms with Gasteiger partial charge in [-0.3, -0.25) is 4.98 Å². The second kappa shape index (κ2) is 7.56. The molecule has 1 fully saturated rings. The Kier molecular flexibility index (Phi) is 4.62. The Morgan fingerprint density at radius 1 is 0.966 bits per heavy atom. The average Bonchev–Trinajstić information content (AvgIpc) is 3.11. The zero-order valence-corrected chi connectivity index (χ0v) is 16.1. The molecule has 3 N–H and O–H groups in total. The van der Waals surface area contributed by atoms with Crippen molar-refractivity contribution < 1.29 is 4.74 Å². The number of ether oxygens (including phenoxy) is 1. The smallest absolute Gasteiger partial charge is 0.155 e. The monoisotopic (exact) mass is 385 g/mol. The molecule has 6 heteroatoms. The minimum atomic E-state index is 0.479. The molecular formula is C23H23N5O. The Morgan fingerprint density at radius 2 is 1.69 bits per heavy atom. The third kappa shape index (κ3) is 3.54. The van der Waals surface area contributed by atoms with Crippen LogP contribution in [-0.2, 0) is 0 Å². The molecule has 4 aromatic rings. The van der Waals surface area contributed by atoms with Crippen molar-refractivity contribution >= 4 is 16.7 Å². The molecule has 29 heavy (non-hydrogen) atoms. The van der Waals surface area contributed by atoms with Gasteiger partial charge in [0.25, 0.3) is 0 Å². The van der Waals surface area contributed by atoms with Crippen molar-refractivity contribution in [3.63, 3.8) is 0 Å². The van der Waals surface area contributed by atoms with Gasteiger partial charge in [-0.05, 0) is 68.4 Å². The summed E-state index contributed by atoms with van der Waals surface area (Å²) in [5.41, 5.74) is 9.21. The molecule has 0 radical (unpaired) electrons. The summed E-state index contributed by atoms with van der Waals surface area (Å²) in [6.07, 6.45) is 4.07. The SMILES string of the molecule is Nc1nn(-c2ccc(Oc3ccccc3)cc2)c2cc(C3CCNCC3)ncc12. The molecule has 1 aliphatic heterocycles. The second-order valence-corrected chi connectivity index (χ2v) is 7.36. The minimum Gasteiger partial charge on any atom is -0.457 e. The summed E-state index contributed by atoms with van der Waals surface area (Å²) in [7, 11) is 0. The number of fused-ring (bicyclic) bond motifs is 1. The maximum Gasteiger partial charge on any atom is 0.155 e. The van der Waals surface area contributed by atoms with E-state index in [0.29, 0.717) is 11.7 Å². The highest BCUT2D eigenvalue weighted by atomic mass is 16.5. The molecular weight excluding hydrogens is 362 g/mol. The lowest BCUT2D eigenvalue weighted by atomic mass is 9.94. The van der Waals surface area contributed by atoms with Crippen LogP contribution < -0.4 is 15.8 Å². The number of para-hydroxylation sites is 1. The molecule has 3 heterocycles. The van der Waals surface area contributed by atoms with Gasteiger partial charge in [-0.15, -0.1) is 5.10 Å². The zero-order valence-electron chi connectivity index (χ0n) is 16.1. The number of hydrogen-bond donors (Lipinski definition) is 2. The van der Waals surface area contributed by atoms with Gasteiger partial charge in [0.1, 0.15) is 11.5 Å². The van der Waals surface area contributed by atoms with Gasteiger partial charge in [0, 0.05) is 17.8 Å². The molecule has 0 amide bonds. The van der Waals surface area contributed by atoms with Crippen LogP contribution in [0.25, 0.3) is 16.6 Å². The van der Waals surface area contributed by atoms with E-state index in [0.717, 1.165) is 59.7 Å². The third-order valence-corrected chi connectivity index (χ3v) is 5.43. The summed E-state index contributed by atoms with van der Waals surface area (Å²) in [6, 6.07) is 19.8. The molecule has 2 aromatic heterocycles. The van der Waals surface area contributed by atoms with Gasteiger partial charge < -0.3 is 15.8 Å². The number of nitrogens with zero attached hydrogens (tertiary/aromatic N) is 3. The summed E-state index contributed by atoms with van der Waals surface area (Å²) in [5, 5.41) is 8.85. The minimum absolute atomic E-state index is 0.479.